The van der Waals surface area contributed by atoms with Gasteiger partial charge in [-0.15, -0.1) is 0 Å². The molecule has 3 N–H and O–H groups in total. The molecule has 0 unspecified atom stereocenters. The van der Waals surface area contributed by atoms with Crippen molar-refractivity contribution in [2.45, 2.75) is 56.9 Å². The van der Waals surface area contributed by atoms with E-state index in [1.165, 1.54) is 38.5 Å². The standard InChI is InChI=1S/C13H20N4/c1-13(6-2-3-7-13)17-11-8-10(14)15-12(16-11)9-4-5-9/h8-9H,2-7H2,1H3,(H3,14,15,16,17). The van der Waals surface area contributed by atoms with Gasteiger partial charge in [-0.1, -0.05) is 12.8 Å². The van der Waals surface area contributed by atoms with Gasteiger partial charge in [-0.2, -0.15) is 0 Å². The zero-order valence-corrected chi connectivity index (χ0v) is 10.4. The van der Waals surface area contributed by atoms with E-state index in [0.29, 0.717) is 11.7 Å². The summed E-state index contributed by atoms with van der Waals surface area (Å²) < 4.78 is 0. The fraction of sp³-hybridized carbons (Fsp3) is 0.692. The fourth-order valence-corrected chi connectivity index (χ4v) is 2.66. The summed E-state index contributed by atoms with van der Waals surface area (Å²) in [5.74, 6) is 2.97. The molecule has 0 saturated heterocycles. The highest BCUT2D eigenvalue weighted by molar-refractivity contribution is 5.47. The molecule has 0 aromatic carbocycles. The third-order valence-electron chi connectivity index (χ3n) is 3.84. The van der Waals surface area contributed by atoms with Crippen LogP contribution in [0.1, 0.15) is 57.2 Å². The predicted octanol–water partition coefficient (Wildman–Crippen LogP) is 2.68. The van der Waals surface area contributed by atoms with Crippen molar-refractivity contribution in [3.63, 3.8) is 0 Å². The molecule has 92 valence electrons. The van der Waals surface area contributed by atoms with Crippen LogP contribution in [-0.4, -0.2) is 15.5 Å². The second-order valence-corrected chi connectivity index (χ2v) is 5.70. The molecule has 2 aliphatic carbocycles. The maximum absolute atomic E-state index is 5.85. The Morgan fingerprint density at radius 3 is 2.65 bits per heavy atom. The highest BCUT2D eigenvalue weighted by Gasteiger charge is 2.30. The van der Waals surface area contributed by atoms with Crippen LogP contribution in [0.15, 0.2) is 6.07 Å². The van der Waals surface area contributed by atoms with Crippen LogP contribution in [0.4, 0.5) is 11.6 Å². The molecule has 1 heterocycles. The number of nitrogen functional groups attached to an aromatic ring is 1. The van der Waals surface area contributed by atoms with Crippen LogP contribution in [-0.2, 0) is 0 Å². The van der Waals surface area contributed by atoms with Crippen molar-refractivity contribution >= 4 is 11.6 Å². The molecule has 3 rings (SSSR count). The Hall–Kier alpha value is -1.32. The number of nitrogens with one attached hydrogen (secondary N) is 1. The number of aromatic nitrogens is 2. The van der Waals surface area contributed by atoms with Crippen molar-refractivity contribution in [3.05, 3.63) is 11.9 Å². The van der Waals surface area contributed by atoms with Gasteiger partial charge in [0.25, 0.3) is 0 Å². The average Bonchev–Trinajstić information content (AvgIpc) is 3.02. The summed E-state index contributed by atoms with van der Waals surface area (Å²) in [5, 5.41) is 3.55. The van der Waals surface area contributed by atoms with E-state index in [0.717, 1.165) is 11.6 Å². The van der Waals surface area contributed by atoms with Gasteiger partial charge in [0, 0.05) is 17.5 Å². The number of nitrogens with zero attached hydrogens (tertiary/aromatic N) is 2. The van der Waals surface area contributed by atoms with Gasteiger partial charge in [-0.05, 0) is 32.6 Å². The number of anilines is 2. The summed E-state index contributed by atoms with van der Waals surface area (Å²) in [5.41, 5.74) is 6.05. The first-order valence-electron chi connectivity index (χ1n) is 6.57. The minimum Gasteiger partial charge on any atom is -0.384 e. The third-order valence-corrected chi connectivity index (χ3v) is 3.84. The van der Waals surface area contributed by atoms with Crippen LogP contribution in [0.25, 0.3) is 0 Å². The molecule has 0 bridgehead atoms. The van der Waals surface area contributed by atoms with E-state index in [1.807, 2.05) is 6.07 Å². The van der Waals surface area contributed by atoms with E-state index < -0.39 is 0 Å². The highest BCUT2D eigenvalue weighted by Crippen LogP contribution is 2.39. The molecule has 1 aromatic heterocycles. The summed E-state index contributed by atoms with van der Waals surface area (Å²) >= 11 is 0. The highest BCUT2D eigenvalue weighted by atomic mass is 15.1. The minimum absolute atomic E-state index is 0.196. The average molecular weight is 232 g/mol. The molecule has 17 heavy (non-hydrogen) atoms. The molecule has 0 aliphatic heterocycles. The monoisotopic (exact) mass is 232 g/mol. The Balaban J connectivity index is 1.81. The first-order chi connectivity index (χ1) is 8.15. The SMILES string of the molecule is CC1(Nc2cc(N)nc(C3CC3)n2)CCCC1. The Labute approximate surface area is 102 Å². The number of rotatable bonds is 3. The smallest absolute Gasteiger partial charge is 0.136 e. The van der Waals surface area contributed by atoms with Gasteiger partial charge in [0.05, 0.1) is 0 Å². The summed E-state index contributed by atoms with van der Waals surface area (Å²) in [7, 11) is 0. The lowest BCUT2D eigenvalue weighted by Crippen LogP contribution is -2.31. The van der Waals surface area contributed by atoms with Gasteiger partial charge in [0.1, 0.15) is 17.5 Å². The molecule has 4 nitrogen and oxygen atoms in total. The van der Waals surface area contributed by atoms with E-state index >= 15 is 0 Å². The third kappa shape index (κ3) is 2.35. The normalized spacial score (nSPS) is 22.6. The second kappa shape index (κ2) is 3.86. The lowest BCUT2D eigenvalue weighted by atomic mass is 10.0. The fourth-order valence-electron chi connectivity index (χ4n) is 2.66. The van der Waals surface area contributed by atoms with Crippen LogP contribution >= 0.6 is 0 Å². The maximum atomic E-state index is 5.85. The maximum Gasteiger partial charge on any atom is 0.136 e. The molecule has 2 aliphatic rings. The number of hydrogen-bond donors (Lipinski definition) is 2. The van der Waals surface area contributed by atoms with E-state index in [9.17, 15) is 0 Å². The van der Waals surface area contributed by atoms with Gasteiger partial charge < -0.3 is 11.1 Å². The Kier molecular flexibility index (Phi) is 2.45. The molecule has 2 saturated carbocycles. The van der Waals surface area contributed by atoms with Crippen LogP contribution in [0.2, 0.25) is 0 Å². The molecule has 0 radical (unpaired) electrons. The van der Waals surface area contributed by atoms with Gasteiger partial charge in [-0.25, -0.2) is 9.97 Å². The molecule has 0 amide bonds. The molecule has 0 atom stereocenters. The van der Waals surface area contributed by atoms with E-state index in [4.69, 9.17) is 5.73 Å². The molecule has 4 heteroatoms. The van der Waals surface area contributed by atoms with Crippen molar-refractivity contribution in [3.8, 4) is 0 Å². The zero-order chi connectivity index (χ0) is 11.9. The lowest BCUT2D eigenvalue weighted by Gasteiger charge is -2.26. The van der Waals surface area contributed by atoms with Crippen LogP contribution in [0, 0.1) is 0 Å². The van der Waals surface area contributed by atoms with Crippen LogP contribution < -0.4 is 11.1 Å². The topological polar surface area (TPSA) is 63.8 Å². The minimum atomic E-state index is 0.196. The zero-order valence-electron chi connectivity index (χ0n) is 10.4. The summed E-state index contributed by atoms with van der Waals surface area (Å²) in [4.78, 5) is 8.92. The van der Waals surface area contributed by atoms with Crippen molar-refractivity contribution in [1.82, 2.24) is 9.97 Å². The van der Waals surface area contributed by atoms with Gasteiger partial charge in [-0.3, -0.25) is 0 Å². The largest absolute Gasteiger partial charge is 0.384 e. The quantitative estimate of drug-likeness (QED) is 0.841. The molecule has 2 fully saturated rings. The van der Waals surface area contributed by atoms with Crippen molar-refractivity contribution in [2.75, 3.05) is 11.1 Å². The predicted molar refractivity (Wildman–Crippen MR) is 68.9 cm³/mol. The van der Waals surface area contributed by atoms with Gasteiger partial charge in [0.2, 0.25) is 0 Å². The summed E-state index contributed by atoms with van der Waals surface area (Å²) in [6.07, 6.45) is 7.46. The Morgan fingerprint density at radius 1 is 1.29 bits per heavy atom. The number of hydrogen-bond acceptors (Lipinski definition) is 4. The Morgan fingerprint density at radius 2 is 2.00 bits per heavy atom. The summed E-state index contributed by atoms with van der Waals surface area (Å²) in [6.45, 7) is 2.27. The first-order valence-corrected chi connectivity index (χ1v) is 6.57. The lowest BCUT2D eigenvalue weighted by molar-refractivity contribution is 0.530. The van der Waals surface area contributed by atoms with E-state index in [2.05, 4.69) is 22.2 Å². The molecule has 0 spiro atoms. The van der Waals surface area contributed by atoms with Crippen LogP contribution in [0.3, 0.4) is 0 Å². The van der Waals surface area contributed by atoms with Gasteiger partial charge in [0.15, 0.2) is 0 Å². The van der Waals surface area contributed by atoms with Crippen molar-refractivity contribution in [1.29, 1.82) is 0 Å². The van der Waals surface area contributed by atoms with E-state index in [1.54, 1.807) is 0 Å². The van der Waals surface area contributed by atoms with E-state index in [-0.39, 0.29) is 5.54 Å². The number of nitrogens with two attached hydrogens (primary N) is 1. The summed E-state index contributed by atoms with van der Waals surface area (Å²) in [6, 6.07) is 1.86. The molecular weight excluding hydrogens is 212 g/mol. The molecular formula is C13H20N4. The van der Waals surface area contributed by atoms with Gasteiger partial charge >= 0.3 is 0 Å². The van der Waals surface area contributed by atoms with Crippen molar-refractivity contribution in [2.24, 2.45) is 0 Å². The second-order valence-electron chi connectivity index (χ2n) is 5.70. The van der Waals surface area contributed by atoms with Crippen LogP contribution in [0.5, 0.6) is 0 Å². The molecule has 1 aromatic rings. The first kappa shape index (κ1) is 10.8. The Bertz CT molecular complexity index is 419. The van der Waals surface area contributed by atoms with Crippen molar-refractivity contribution < 1.29 is 0 Å².